The number of H-pyrrole nitrogens is 1. The number of nitrogens with zero attached hydrogens (tertiary/aromatic N) is 1. The van der Waals surface area contributed by atoms with E-state index in [1.807, 2.05) is 16.8 Å². The average Bonchev–Trinajstić information content (AvgIpc) is 3.10. The minimum absolute atomic E-state index is 0.210. The molecule has 0 saturated heterocycles. The number of hydrogen-bond acceptors (Lipinski definition) is 5. The van der Waals surface area contributed by atoms with Crippen molar-refractivity contribution in [1.29, 1.82) is 0 Å². The molecular weight excluding hydrogens is 278 g/mol. The Bertz CT molecular complexity index is 551. The lowest BCUT2D eigenvalue weighted by atomic mass is 10.1. The molecule has 0 aromatic carbocycles. The molecule has 0 aliphatic rings. The summed E-state index contributed by atoms with van der Waals surface area (Å²) in [6, 6.07) is 1.17. The Morgan fingerprint density at radius 1 is 1.55 bits per heavy atom. The number of esters is 1. The lowest BCUT2D eigenvalue weighted by Crippen LogP contribution is -2.43. The van der Waals surface area contributed by atoms with Crippen LogP contribution in [0.3, 0.4) is 0 Å². The van der Waals surface area contributed by atoms with Crippen molar-refractivity contribution < 1.29 is 14.3 Å². The predicted molar refractivity (Wildman–Crippen MR) is 74.3 cm³/mol. The normalized spacial score (nSPS) is 11.8. The van der Waals surface area contributed by atoms with Crippen molar-refractivity contribution in [1.82, 2.24) is 15.3 Å². The van der Waals surface area contributed by atoms with Gasteiger partial charge in [0.1, 0.15) is 6.04 Å². The second-order valence-electron chi connectivity index (χ2n) is 4.23. The van der Waals surface area contributed by atoms with Crippen molar-refractivity contribution in [2.45, 2.75) is 18.9 Å². The van der Waals surface area contributed by atoms with E-state index in [9.17, 15) is 9.59 Å². The fourth-order valence-electron chi connectivity index (χ4n) is 1.78. The van der Waals surface area contributed by atoms with E-state index in [2.05, 4.69) is 15.3 Å². The molecule has 0 aliphatic carbocycles. The largest absolute Gasteiger partial charge is 0.467 e. The Labute approximate surface area is 120 Å². The van der Waals surface area contributed by atoms with E-state index < -0.39 is 12.0 Å². The van der Waals surface area contributed by atoms with Crippen LogP contribution in [0.25, 0.3) is 0 Å². The molecule has 7 heteroatoms. The standard InChI is InChI=1S/C13H15N3O3S/c1-19-13(18)11(5-10-6-14-8-15-10)16-12(17)4-9-2-3-20-7-9/h2-3,6-8,11H,4-5H2,1H3,(H,14,15)(H,16,17)/t11-/m0/s1. The molecule has 0 radical (unpaired) electrons. The molecule has 0 bridgehead atoms. The number of amides is 1. The molecular formula is C13H15N3O3S. The zero-order valence-corrected chi connectivity index (χ0v) is 11.8. The highest BCUT2D eigenvalue weighted by molar-refractivity contribution is 7.07. The van der Waals surface area contributed by atoms with Crippen molar-refractivity contribution in [2.75, 3.05) is 7.11 Å². The SMILES string of the molecule is COC(=O)[C@H](Cc1cnc[nH]1)NC(=O)Cc1ccsc1. The number of rotatable bonds is 6. The molecule has 2 aromatic rings. The summed E-state index contributed by atoms with van der Waals surface area (Å²) in [7, 11) is 1.30. The summed E-state index contributed by atoms with van der Waals surface area (Å²) in [6.45, 7) is 0. The summed E-state index contributed by atoms with van der Waals surface area (Å²) in [5, 5.41) is 6.50. The lowest BCUT2D eigenvalue weighted by Gasteiger charge is -2.15. The number of nitrogens with one attached hydrogen (secondary N) is 2. The molecule has 0 aliphatic heterocycles. The van der Waals surface area contributed by atoms with Gasteiger partial charge in [-0.2, -0.15) is 11.3 Å². The van der Waals surface area contributed by atoms with Crippen LogP contribution >= 0.6 is 11.3 Å². The number of aromatic amines is 1. The summed E-state index contributed by atoms with van der Waals surface area (Å²) in [6.07, 6.45) is 3.71. The van der Waals surface area contributed by atoms with E-state index in [1.165, 1.54) is 24.8 Å². The molecule has 20 heavy (non-hydrogen) atoms. The molecule has 0 saturated carbocycles. The third-order valence-electron chi connectivity index (χ3n) is 2.74. The molecule has 0 fully saturated rings. The Kier molecular flexibility index (Phi) is 4.89. The molecule has 1 amide bonds. The van der Waals surface area contributed by atoms with E-state index in [1.54, 1.807) is 6.20 Å². The molecule has 2 heterocycles. The molecule has 1 atom stereocenters. The number of aromatic nitrogens is 2. The Morgan fingerprint density at radius 2 is 2.40 bits per heavy atom. The van der Waals surface area contributed by atoms with E-state index in [0.29, 0.717) is 6.42 Å². The van der Waals surface area contributed by atoms with Gasteiger partial charge < -0.3 is 15.0 Å². The zero-order chi connectivity index (χ0) is 14.4. The van der Waals surface area contributed by atoms with Crippen molar-refractivity contribution in [3.63, 3.8) is 0 Å². The van der Waals surface area contributed by atoms with Crippen LogP contribution in [-0.4, -0.2) is 35.0 Å². The summed E-state index contributed by atoms with van der Waals surface area (Å²) < 4.78 is 4.71. The van der Waals surface area contributed by atoms with Gasteiger partial charge in [-0.25, -0.2) is 9.78 Å². The molecule has 2 N–H and O–H groups in total. The highest BCUT2D eigenvalue weighted by Crippen LogP contribution is 2.07. The average molecular weight is 293 g/mol. The summed E-state index contributed by atoms with van der Waals surface area (Å²) in [4.78, 5) is 30.4. The van der Waals surface area contributed by atoms with Crippen LogP contribution in [0.4, 0.5) is 0 Å². The van der Waals surface area contributed by atoms with Gasteiger partial charge in [-0.15, -0.1) is 0 Å². The van der Waals surface area contributed by atoms with Crippen molar-refractivity contribution in [2.24, 2.45) is 0 Å². The van der Waals surface area contributed by atoms with E-state index in [4.69, 9.17) is 4.74 Å². The minimum Gasteiger partial charge on any atom is -0.467 e. The fraction of sp³-hybridized carbons (Fsp3) is 0.308. The van der Waals surface area contributed by atoms with E-state index in [0.717, 1.165) is 11.3 Å². The summed E-state index contributed by atoms with van der Waals surface area (Å²) >= 11 is 1.53. The number of thiophene rings is 1. The Morgan fingerprint density at radius 3 is 3.00 bits per heavy atom. The van der Waals surface area contributed by atoms with Crippen LogP contribution < -0.4 is 5.32 Å². The fourth-order valence-corrected chi connectivity index (χ4v) is 2.44. The van der Waals surface area contributed by atoms with Crippen LogP contribution in [0.15, 0.2) is 29.4 Å². The van der Waals surface area contributed by atoms with Gasteiger partial charge in [-0.05, 0) is 22.4 Å². The number of imidazole rings is 1. The van der Waals surface area contributed by atoms with Crippen LogP contribution in [-0.2, 0) is 27.2 Å². The topological polar surface area (TPSA) is 84.1 Å². The monoisotopic (exact) mass is 293 g/mol. The lowest BCUT2D eigenvalue weighted by molar-refractivity contribution is -0.145. The number of hydrogen-bond donors (Lipinski definition) is 2. The second kappa shape index (κ2) is 6.85. The second-order valence-corrected chi connectivity index (χ2v) is 5.01. The van der Waals surface area contributed by atoms with Gasteiger partial charge in [0.25, 0.3) is 0 Å². The third kappa shape index (κ3) is 3.92. The molecule has 0 unspecified atom stereocenters. The summed E-state index contributed by atoms with van der Waals surface area (Å²) in [5.74, 6) is -0.684. The van der Waals surface area contributed by atoms with Gasteiger partial charge in [-0.3, -0.25) is 4.79 Å². The first-order valence-corrected chi connectivity index (χ1v) is 6.99. The molecule has 2 aromatic heterocycles. The highest BCUT2D eigenvalue weighted by Gasteiger charge is 2.22. The Balaban J connectivity index is 1.96. The van der Waals surface area contributed by atoms with Crippen molar-refractivity contribution >= 4 is 23.2 Å². The number of ether oxygens (including phenoxy) is 1. The van der Waals surface area contributed by atoms with Crippen LogP contribution in [0.5, 0.6) is 0 Å². The smallest absolute Gasteiger partial charge is 0.328 e. The van der Waals surface area contributed by atoms with E-state index >= 15 is 0 Å². The third-order valence-corrected chi connectivity index (χ3v) is 3.48. The summed E-state index contributed by atoms with van der Waals surface area (Å²) in [5.41, 5.74) is 1.69. The first-order valence-electron chi connectivity index (χ1n) is 6.04. The van der Waals surface area contributed by atoms with Gasteiger partial charge in [-0.1, -0.05) is 0 Å². The first-order chi connectivity index (χ1) is 9.69. The zero-order valence-electron chi connectivity index (χ0n) is 11.0. The molecule has 6 nitrogen and oxygen atoms in total. The number of carbonyl (C=O) groups excluding carboxylic acids is 2. The van der Waals surface area contributed by atoms with Gasteiger partial charge in [0.15, 0.2) is 0 Å². The molecule has 0 spiro atoms. The Hall–Kier alpha value is -2.15. The predicted octanol–water partition coefficient (Wildman–Crippen LogP) is 0.914. The van der Waals surface area contributed by atoms with E-state index in [-0.39, 0.29) is 12.3 Å². The van der Waals surface area contributed by atoms with Gasteiger partial charge in [0, 0.05) is 18.3 Å². The van der Waals surface area contributed by atoms with Crippen LogP contribution in [0.2, 0.25) is 0 Å². The van der Waals surface area contributed by atoms with Crippen LogP contribution in [0, 0.1) is 0 Å². The molecule has 106 valence electrons. The quantitative estimate of drug-likeness (QED) is 0.776. The maximum absolute atomic E-state index is 11.9. The van der Waals surface area contributed by atoms with Crippen molar-refractivity contribution in [3.05, 3.63) is 40.6 Å². The first kappa shape index (κ1) is 14.3. The number of carbonyl (C=O) groups is 2. The van der Waals surface area contributed by atoms with Gasteiger partial charge >= 0.3 is 5.97 Å². The highest BCUT2D eigenvalue weighted by atomic mass is 32.1. The van der Waals surface area contributed by atoms with Gasteiger partial charge in [0.05, 0.1) is 19.9 Å². The van der Waals surface area contributed by atoms with Crippen molar-refractivity contribution in [3.8, 4) is 0 Å². The van der Waals surface area contributed by atoms with Gasteiger partial charge in [0.2, 0.25) is 5.91 Å². The maximum atomic E-state index is 11.9. The minimum atomic E-state index is -0.716. The molecule has 2 rings (SSSR count). The van der Waals surface area contributed by atoms with Crippen LogP contribution in [0.1, 0.15) is 11.3 Å². The maximum Gasteiger partial charge on any atom is 0.328 e. The number of methoxy groups -OCH3 is 1.